The lowest BCUT2D eigenvalue weighted by Crippen LogP contribution is -2.51. The first-order chi connectivity index (χ1) is 9.26. The van der Waals surface area contributed by atoms with Gasteiger partial charge in [0.05, 0.1) is 25.9 Å². The van der Waals surface area contributed by atoms with E-state index in [1.165, 1.54) is 0 Å². The van der Waals surface area contributed by atoms with Gasteiger partial charge in [0.15, 0.2) is 0 Å². The molecule has 0 radical (unpaired) electrons. The van der Waals surface area contributed by atoms with Crippen LogP contribution in [0.25, 0.3) is 0 Å². The first-order valence-electron chi connectivity index (χ1n) is 7.24. The Labute approximate surface area is 116 Å². The van der Waals surface area contributed by atoms with Gasteiger partial charge in [-0.05, 0) is 39.2 Å². The number of ether oxygens (including phenoxy) is 3. The fourth-order valence-corrected chi connectivity index (χ4v) is 2.58. The van der Waals surface area contributed by atoms with E-state index < -0.39 is 0 Å². The van der Waals surface area contributed by atoms with Gasteiger partial charge < -0.3 is 24.6 Å². The molecule has 0 saturated heterocycles. The molecule has 0 bridgehead atoms. The molecule has 0 spiro atoms. The van der Waals surface area contributed by atoms with Crippen molar-refractivity contribution in [2.45, 2.75) is 43.7 Å². The summed E-state index contributed by atoms with van der Waals surface area (Å²) >= 11 is 0. The van der Waals surface area contributed by atoms with E-state index >= 15 is 0 Å². The predicted octanol–water partition coefficient (Wildman–Crippen LogP) is 0.949. The Morgan fingerprint density at radius 1 is 1.26 bits per heavy atom. The van der Waals surface area contributed by atoms with Crippen LogP contribution in [-0.4, -0.2) is 63.9 Å². The molecule has 1 aliphatic carbocycles. The monoisotopic (exact) mass is 275 g/mol. The summed E-state index contributed by atoms with van der Waals surface area (Å²) in [5, 5.41) is 12.7. The maximum Gasteiger partial charge on any atom is 0.0704 e. The van der Waals surface area contributed by atoms with E-state index in [1.54, 1.807) is 7.11 Å². The number of nitrogens with one attached hydrogen (secondary N) is 1. The molecule has 19 heavy (non-hydrogen) atoms. The molecular formula is C14H29NO4. The summed E-state index contributed by atoms with van der Waals surface area (Å²) in [4.78, 5) is 0. The minimum Gasteiger partial charge on any atom is -0.394 e. The molecule has 5 heteroatoms. The van der Waals surface area contributed by atoms with E-state index in [1.807, 2.05) is 7.05 Å². The van der Waals surface area contributed by atoms with Gasteiger partial charge in [-0.1, -0.05) is 0 Å². The molecule has 5 nitrogen and oxygen atoms in total. The number of likely N-dealkylation sites (N-methyl/N-ethyl adjacent to an activating group) is 1. The number of aliphatic hydroxyl groups excluding tert-OH is 1. The largest absolute Gasteiger partial charge is 0.394 e. The normalized spacial score (nSPS) is 27.6. The molecule has 0 aromatic heterocycles. The molecule has 2 N–H and O–H groups in total. The van der Waals surface area contributed by atoms with E-state index in [2.05, 4.69) is 5.32 Å². The lowest BCUT2D eigenvalue weighted by Gasteiger charge is -2.39. The predicted molar refractivity (Wildman–Crippen MR) is 74.4 cm³/mol. The van der Waals surface area contributed by atoms with Crippen molar-refractivity contribution in [1.82, 2.24) is 5.32 Å². The van der Waals surface area contributed by atoms with Crippen LogP contribution in [-0.2, 0) is 14.2 Å². The lowest BCUT2D eigenvalue weighted by atomic mass is 9.81. The second-order valence-corrected chi connectivity index (χ2v) is 5.24. The summed E-state index contributed by atoms with van der Waals surface area (Å²) in [6.07, 6.45) is 5.23. The van der Waals surface area contributed by atoms with Crippen molar-refractivity contribution in [3.05, 3.63) is 0 Å². The van der Waals surface area contributed by atoms with Crippen LogP contribution in [0.4, 0.5) is 0 Å². The molecule has 1 aliphatic rings. The van der Waals surface area contributed by atoms with Gasteiger partial charge in [0.25, 0.3) is 0 Å². The van der Waals surface area contributed by atoms with Gasteiger partial charge >= 0.3 is 0 Å². The standard InChI is InChI=1S/C14H29NO4/c1-15-14(12-16)6-3-5-13(11-14)19-10-9-18-8-4-7-17-2/h13,15-16H,3-12H2,1-2H3. The summed E-state index contributed by atoms with van der Waals surface area (Å²) in [6, 6.07) is 0. The van der Waals surface area contributed by atoms with Gasteiger partial charge in [0.1, 0.15) is 0 Å². The van der Waals surface area contributed by atoms with Crippen molar-refractivity contribution in [2.24, 2.45) is 0 Å². The number of aliphatic hydroxyl groups is 1. The first kappa shape index (κ1) is 16.9. The van der Waals surface area contributed by atoms with Crippen LogP contribution in [0.15, 0.2) is 0 Å². The average Bonchev–Trinajstić information content (AvgIpc) is 2.46. The topological polar surface area (TPSA) is 60.0 Å². The number of methoxy groups -OCH3 is 1. The Bertz CT molecular complexity index is 221. The van der Waals surface area contributed by atoms with Gasteiger partial charge in [-0.25, -0.2) is 0 Å². The van der Waals surface area contributed by atoms with Crippen molar-refractivity contribution in [2.75, 3.05) is 47.2 Å². The van der Waals surface area contributed by atoms with Crippen molar-refractivity contribution < 1.29 is 19.3 Å². The van der Waals surface area contributed by atoms with Crippen LogP contribution in [0.5, 0.6) is 0 Å². The summed E-state index contributed by atoms with van der Waals surface area (Å²) in [5.74, 6) is 0. The molecule has 2 unspecified atom stereocenters. The Balaban J connectivity index is 2.09. The second kappa shape index (κ2) is 9.66. The van der Waals surface area contributed by atoms with Crippen LogP contribution < -0.4 is 5.32 Å². The molecule has 0 aromatic rings. The highest BCUT2D eigenvalue weighted by Crippen LogP contribution is 2.29. The summed E-state index contributed by atoms with van der Waals surface area (Å²) in [7, 11) is 3.61. The zero-order valence-corrected chi connectivity index (χ0v) is 12.3. The summed E-state index contributed by atoms with van der Waals surface area (Å²) < 4.78 is 16.3. The van der Waals surface area contributed by atoms with Crippen LogP contribution in [0.2, 0.25) is 0 Å². The average molecular weight is 275 g/mol. The smallest absolute Gasteiger partial charge is 0.0704 e. The van der Waals surface area contributed by atoms with Crippen LogP contribution >= 0.6 is 0 Å². The number of rotatable bonds is 10. The maximum atomic E-state index is 9.50. The molecule has 2 atom stereocenters. The third-order valence-corrected chi connectivity index (χ3v) is 3.85. The van der Waals surface area contributed by atoms with Crippen LogP contribution in [0.3, 0.4) is 0 Å². The van der Waals surface area contributed by atoms with Crippen molar-refractivity contribution >= 4 is 0 Å². The SMILES string of the molecule is CNC1(CO)CCCC(OCCOCCCOC)C1. The van der Waals surface area contributed by atoms with E-state index in [0.717, 1.165) is 45.3 Å². The van der Waals surface area contributed by atoms with Gasteiger partial charge in [-0.2, -0.15) is 0 Å². The highest BCUT2D eigenvalue weighted by molar-refractivity contribution is 4.92. The fourth-order valence-electron chi connectivity index (χ4n) is 2.58. The minimum atomic E-state index is -0.151. The zero-order valence-electron chi connectivity index (χ0n) is 12.3. The third-order valence-electron chi connectivity index (χ3n) is 3.85. The fraction of sp³-hybridized carbons (Fsp3) is 1.00. The van der Waals surface area contributed by atoms with Crippen molar-refractivity contribution in [3.8, 4) is 0 Å². The molecular weight excluding hydrogens is 246 g/mol. The summed E-state index contributed by atoms with van der Waals surface area (Å²) in [6.45, 7) is 2.90. The van der Waals surface area contributed by atoms with E-state index in [0.29, 0.717) is 13.2 Å². The van der Waals surface area contributed by atoms with Crippen LogP contribution in [0, 0.1) is 0 Å². The zero-order chi connectivity index (χ0) is 14.0. The van der Waals surface area contributed by atoms with Crippen molar-refractivity contribution in [1.29, 1.82) is 0 Å². The number of hydrogen-bond donors (Lipinski definition) is 2. The molecule has 0 amide bonds. The Morgan fingerprint density at radius 2 is 2.11 bits per heavy atom. The van der Waals surface area contributed by atoms with E-state index in [4.69, 9.17) is 14.2 Å². The lowest BCUT2D eigenvalue weighted by molar-refractivity contribution is -0.0376. The molecule has 1 saturated carbocycles. The Morgan fingerprint density at radius 3 is 2.79 bits per heavy atom. The van der Waals surface area contributed by atoms with Gasteiger partial charge in [-0.3, -0.25) is 0 Å². The van der Waals surface area contributed by atoms with E-state index in [9.17, 15) is 5.11 Å². The number of hydrogen-bond acceptors (Lipinski definition) is 5. The second-order valence-electron chi connectivity index (χ2n) is 5.24. The molecule has 1 rings (SSSR count). The minimum absolute atomic E-state index is 0.151. The summed E-state index contributed by atoms with van der Waals surface area (Å²) in [5.41, 5.74) is -0.151. The molecule has 0 aliphatic heterocycles. The first-order valence-corrected chi connectivity index (χ1v) is 7.24. The maximum absolute atomic E-state index is 9.50. The third kappa shape index (κ3) is 6.19. The molecule has 1 fully saturated rings. The highest BCUT2D eigenvalue weighted by atomic mass is 16.5. The van der Waals surface area contributed by atoms with Gasteiger partial charge in [0.2, 0.25) is 0 Å². The highest BCUT2D eigenvalue weighted by Gasteiger charge is 2.34. The van der Waals surface area contributed by atoms with E-state index in [-0.39, 0.29) is 18.2 Å². The Hall–Kier alpha value is -0.200. The quantitative estimate of drug-likeness (QED) is 0.581. The molecule has 0 aromatic carbocycles. The van der Waals surface area contributed by atoms with Gasteiger partial charge in [-0.15, -0.1) is 0 Å². The van der Waals surface area contributed by atoms with Crippen molar-refractivity contribution in [3.63, 3.8) is 0 Å². The molecule has 114 valence electrons. The molecule has 0 heterocycles. The van der Waals surface area contributed by atoms with Crippen LogP contribution in [0.1, 0.15) is 32.1 Å². The van der Waals surface area contributed by atoms with Gasteiger partial charge in [0, 0.05) is 25.9 Å². The Kier molecular flexibility index (Phi) is 8.57.